The van der Waals surface area contributed by atoms with E-state index in [2.05, 4.69) is 5.32 Å². The van der Waals surface area contributed by atoms with Crippen LogP contribution in [0, 0.1) is 6.92 Å². The van der Waals surface area contributed by atoms with Gasteiger partial charge >= 0.3 is 5.97 Å². The van der Waals surface area contributed by atoms with Crippen molar-refractivity contribution in [1.29, 1.82) is 0 Å². The lowest BCUT2D eigenvalue weighted by molar-refractivity contribution is 0.0696. The molecule has 0 fully saturated rings. The molecule has 1 amide bonds. The second-order valence-corrected chi connectivity index (χ2v) is 6.14. The number of hydrogen-bond acceptors (Lipinski definition) is 3. The SMILES string of the molecule is Cc1ccc(NC(=O)c2ccc(OCc3cccc(C(=O)O)c3)cc2)cc1. The summed E-state index contributed by atoms with van der Waals surface area (Å²) in [5, 5.41) is 11.9. The van der Waals surface area contributed by atoms with Crippen LogP contribution in [0.4, 0.5) is 5.69 Å². The van der Waals surface area contributed by atoms with E-state index in [1.165, 1.54) is 6.07 Å². The number of benzene rings is 3. The lowest BCUT2D eigenvalue weighted by Gasteiger charge is -2.09. The summed E-state index contributed by atoms with van der Waals surface area (Å²) in [7, 11) is 0. The van der Waals surface area contributed by atoms with E-state index in [9.17, 15) is 9.59 Å². The number of aromatic carboxylic acids is 1. The molecule has 0 heterocycles. The Bertz CT molecular complexity index is 947. The molecule has 5 nitrogen and oxygen atoms in total. The number of carbonyl (C=O) groups excluding carboxylic acids is 1. The molecule has 0 radical (unpaired) electrons. The van der Waals surface area contributed by atoms with Crippen molar-refractivity contribution in [3.8, 4) is 5.75 Å². The lowest BCUT2D eigenvalue weighted by atomic mass is 10.1. The third-order valence-corrected chi connectivity index (χ3v) is 4.01. The van der Waals surface area contributed by atoms with Crippen molar-refractivity contribution in [2.45, 2.75) is 13.5 Å². The largest absolute Gasteiger partial charge is 0.489 e. The average molecular weight is 361 g/mol. The summed E-state index contributed by atoms with van der Waals surface area (Å²) in [6.45, 7) is 2.23. The number of aryl methyl sites for hydroxylation is 1. The van der Waals surface area contributed by atoms with Gasteiger partial charge in [-0.25, -0.2) is 4.79 Å². The maximum atomic E-state index is 12.3. The molecule has 0 aliphatic heterocycles. The van der Waals surface area contributed by atoms with E-state index in [0.717, 1.165) is 16.8 Å². The fourth-order valence-corrected chi connectivity index (χ4v) is 2.50. The number of anilines is 1. The maximum Gasteiger partial charge on any atom is 0.335 e. The molecule has 0 saturated carbocycles. The number of hydrogen-bond donors (Lipinski definition) is 2. The van der Waals surface area contributed by atoms with Crippen molar-refractivity contribution in [1.82, 2.24) is 0 Å². The van der Waals surface area contributed by atoms with E-state index < -0.39 is 5.97 Å². The molecule has 0 aliphatic carbocycles. The fraction of sp³-hybridized carbons (Fsp3) is 0.0909. The Kier molecular flexibility index (Phi) is 5.52. The van der Waals surface area contributed by atoms with Crippen molar-refractivity contribution in [2.75, 3.05) is 5.32 Å². The van der Waals surface area contributed by atoms with E-state index in [4.69, 9.17) is 9.84 Å². The van der Waals surface area contributed by atoms with E-state index in [1.807, 2.05) is 31.2 Å². The molecule has 0 atom stereocenters. The van der Waals surface area contributed by atoms with Crippen LogP contribution in [0.1, 0.15) is 31.8 Å². The number of carboxylic acid groups (broad SMARTS) is 1. The molecule has 0 bridgehead atoms. The van der Waals surface area contributed by atoms with Gasteiger partial charge in [-0.15, -0.1) is 0 Å². The van der Waals surface area contributed by atoms with Gasteiger partial charge in [-0.1, -0.05) is 29.8 Å². The van der Waals surface area contributed by atoms with Crippen LogP contribution >= 0.6 is 0 Å². The summed E-state index contributed by atoms with van der Waals surface area (Å²) in [5.74, 6) is -0.567. The molecule has 3 aromatic rings. The van der Waals surface area contributed by atoms with Crippen LogP contribution in [0.2, 0.25) is 0 Å². The number of ether oxygens (including phenoxy) is 1. The Hall–Kier alpha value is -3.60. The molecule has 3 rings (SSSR count). The van der Waals surface area contributed by atoms with Crippen molar-refractivity contribution in [2.24, 2.45) is 0 Å². The molecule has 0 aromatic heterocycles. The monoisotopic (exact) mass is 361 g/mol. The van der Waals surface area contributed by atoms with Gasteiger partial charge in [0.1, 0.15) is 12.4 Å². The molecule has 2 N–H and O–H groups in total. The predicted octanol–water partition coefficient (Wildman–Crippen LogP) is 4.52. The summed E-state index contributed by atoms with van der Waals surface area (Å²) in [5.41, 5.74) is 3.37. The van der Waals surface area contributed by atoms with Gasteiger partial charge in [0.15, 0.2) is 0 Å². The van der Waals surface area contributed by atoms with Gasteiger partial charge in [0.25, 0.3) is 5.91 Å². The molecule has 0 unspecified atom stereocenters. The van der Waals surface area contributed by atoms with Crippen LogP contribution in [0.15, 0.2) is 72.8 Å². The fourth-order valence-electron chi connectivity index (χ4n) is 2.50. The Balaban J connectivity index is 1.59. The molecule has 0 spiro atoms. The first-order chi connectivity index (χ1) is 13.0. The number of carboxylic acids is 1. The highest BCUT2D eigenvalue weighted by Crippen LogP contribution is 2.16. The zero-order valence-corrected chi connectivity index (χ0v) is 14.8. The van der Waals surface area contributed by atoms with Gasteiger partial charge in [0.2, 0.25) is 0 Å². The van der Waals surface area contributed by atoms with Crippen molar-refractivity contribution in [3.63, 3.8) is 0 Å². The minimum Gasteiger partial charge on any atom is -0.489 e. The smallest absolute Gasteiger partial charge is 0.335 e. The molecule has 0 saturated heterocycles. The quantitative estimate of drug-likeness (QED) is 0.677. The molecule has 3 aromatic carbocycles. The highest BCUT2D eigenvalue weighted by atomic mass is 16.5. The molecule has 5 heteroatoms. The van der Waals surface area contributed by atoms with Crippen molar-refractivity contribution < 1.29 is 19.4 Å². The summed E-state index contributed by atoms with van der Waals surface area (Å²) >= 11 is 0. The van der Waals surface area contributed by atoms with Gasteiger partial charge in [-0.2, -0.15) is 0 Å². The van der Waals surface area contributed by atoms with E-state index >= 15 is 0 Å². The summed E-state index contributed by atoms with van der Waals surface area (Å²) in [4.78, 5) is 23.3. The molecule has 136 valence electrons. The highest BCUT2D eigenvalue weighted by molar-refractivity contribution is 6.04. The Labute approximate surface area is 157 Å². The first-order valence-corrected chi connectivity index (χ1v) is 8.44. The lowest BCUT2D eigenvalue weighted by Crippen LogP contribution is -2.11. The summed E-state index contributed by atoms with van der Waals surface area (Å²) in [6.07, 6.45) is 0. The van der Waals surface area contributed by atoms with Gasteiger partial charge < -0.3 is 15.2 Å². The average Bonchev–Trinajstić information content (AvgIpc) is 2.68. The van der Waals surface area contributed by atoms with Crippen molar-refractivity contribution in [3.05, 3.63) is 95.1 Å². The van der Waals surface area contributed by atoms with Gasteiger partial charge in [0, 0.05) is 11.3 Å². The first-order valence-electron chi connectivity index (χ1n) is 8.44. The zero-order valence-electron chi connectivity index (χ0n) is 14.8. The minimum absolute atomic E-state index is 0.195. The van der Waals surface area contributed by atoms with Gasteiger partial charge in [-0.3, -0.25) is 4.79 Å². The number of amides is 1. The molecule has 0 aliphatic rings. The van der Waals surface area contributed by atoms with Crippen LogP contribution in [-0.4, -0.2) is 17.0 Å². The van der Waals surface area contributed by atoms with Crippen LogP contribution in [-0.2, 0) is 6.61 Å². The Morgan fingerprint density at radius 3 is 2.30 bits per heavy atom. The third kappa shape index (κ3) is 4.95. The van der Waals surface area contributed by atoms with Gasteiger partial charge in [0.05, 0.1) is 5.56 Å². The van der Waals surface area contributed by atoms with E-state index in [0.29, 0.717) is 11.3 Å². The van der Waals surface area contributed by atoms with Crippen LogP contribution in [0.3, 0.4) is 0 Å². The zero-order chi connectivity index (χ0) is 19.2. The second kappa shape index (κ2) is 8.19. The molecule has 27 heavy (non-hydrogen) atoms. The third-order valence-electron chi connectivity index (χ3n) is 4.01. The van der Waals surface area contributed by atoms with Crippen LogP contribution < -0.4 is 10.1 Å². The second-order valence-electron chi connectivity index (χ2n) is 6.14. The highest BCUT2D eigenvalue weighted by Gasteiger charge is 2.07. The topological polar surface area (TPSA) is 75.6 Å². The van der Waals surface area contributed by atoms with Crippen LogP contribution in [0.5, 0.6) is 5.75 Å². The Morgan fingerprint density at radius 1 is 0.926 bits per heavy atom. The molecular weight excluding hydrogens is 342 g/mol. The number of rotatable bonds is 6. The van der Waals surface area contributed by atoms with Crippen molar-refractivity contribution >= 4 is 17.6 Å². The van der Waals surface area contributed by atoms with Gasteiger partial charge in [-0.05, 0) is 61.0 Å². The maximum absolute atomic E-state index is 12.3. The summed E-state index contributed by atoms with van der Waals surface area (Å²) in [6, 6.07) is 21.0. The first kappa shape index (κ1) is 18.2. The Morgan fingerprint density at radius 2 is 1.63 bits per heavy atom. The summed E-state index contributed by atoms with van der Waals surface area (Å²) < 4.78 is 5.67. The van der Waals surface area contributed by atoms with Crippen LogP contribution in [0.25, 0.3) is 0 Å². The minimum atomic E-state index is -0.971. The van der Waals surface area contributed by atoms with E-state index in [-0.39, 0.29) is 18.1 Å². The normalized spacial score (nSPS) is 10.3. The van der Waals surface area contributed by atoms with E-state index in [1.54, 1.807) is 42.5 Å². The predicted molar refractivity (Wildman–Crippen MR) is 103 cm³/mol. The number of nitrogens with one attached hydrogen (secondary N) is 1. The molecular formula is C22H19NO4. The number of carbonyl (C=O) groups is 2. The standard InChI is InChI=1S/C22H19NO4/c1-15-5-9-19(10-6-15)23-21(24)17-7-11-20(12-8-17)27-14-16-3-2-4-18(13-16)22(25)26/h2-13H,14H2,1H3,(H,23,24)(H,25,26).